The van der Waals surface area contributed by atoms with Gasteiger partial charge in [0.15, 0.2) is 0 Å². The molecule has 1 N–H and O–H groups in total. The Morgan fingerprint density at radius 2 is 2.40 bits per heavy atom. The predicted molar refractivity (Wildman–Crippen MR) is 38.6 cm³/mol. The van der Waals surface area contributed by atoms with Gasteiger partial charge >= 0.3 is 0 Å². The summed E-state index contributed by atoms with van der Waals surface area (Å²) < 4.78 is 0. The molecule has 0 radical (unpaired) electrons. The van der Waals surface area contributed by atoms with Crippen LogP contribution < -0.4 is 0 Å². The molecule has 0 atom stereocenters. The quantitative estimate of drug-likeness (QED) is 0.537. The maximum absolute atomic E-state index is 8.91. The Balaban J connectivity index is 3.25. The summed E-state index contributed by atoms with van der Waals surface area (Å²) in [6.45, 7) is 1.80. The summed E-state index contributed by atoms with van der Waals surface area (Å²) in [6, 6.07) is 1.52. The minimum Gasteiger partial charge on any atom is -0.506 e. The molecule has 2 nitrogen and oxygen atoms in total. The molecule has 0 unspecified atom stereocenters. The van der Waals surface area contributed by atoms with Crippen LogP contribution in [-0.2, 0) is 0 Å². The fraction of sp³-hybridized carbons (Fsp3) is 0.125. The number of pyridine rings is 1. The lowest BCUT2D eigenvalue weighted by Crippen LogP contribution is -1.84. The van der Waals surface area contributed by atoms with E-state index in [1.165, 1.54) is 12.3 Å². The highest BCUT2D eigenvalue weighted by molar-refractivity contribution is 5.39. The predicted octanol–water partition coefficient (Wildman–Crippen LogP) is 1.08. The van der Waals surface area contributed by atoms with Gasteiger partial charge in [-0.2, -0.15) is 0 Å². The van der Waals surface area contributed by atoms with E-state index in [1.807, 2.05) is 0 Å². The van der Waals surface area contributed by atoms with Gasteiger partial charge in [0.25, 0.3) is 0 Å². The van der Waals surface area contributed by atoms with E-state index in [2.05, 4.69) is 10.9 Å². The van der Waals surface area contributed by atoms with Crippen molar-refractivity contribution in [3.8, 4) is 18.1 Å². The molecule has 0 fully saturated rings. The maximum atomic E-state index is 8.91. The van der Waals surface area contributed by atoms with Crippen LogP contribution >= 0.6 is 0 Å². The second-order valence-electron chi connectivity index (χ2n) is 1.97. The molecule has 50 valence electrons. The summed E-state index contributed by atoms with van der Waals surface area (Å²) in [5.74, 6) is 2.52. The van der Waals surface area contributed by atoms with Crippen molar-refractivity contribution in [3.05, 3.63) is 23.5 Å². The summed E-state index contributed by atoms with van der Waals surface area (Å²) in [6.07, 6.45) is 6.49. The first-order valence-electron chi connectivity index (χ1n) is 2.86. The maximum Gasteiger partial charge on any atom is 0.135 e. The third-order valence-corrected chi connectivity index (χ3v) is 1.23. The van der Waals surface area contributed by atoms with Gasteiger partial charge in [-0.15, -0.1) is 6.42 Å². The first-order valence-corrected chi connectivity index (χ1v) is 2.86. The van der Waals surface area contributed by atoms with Crippen molar-refractivity contribution in [1.29, 1.82) is 0 Å². The van der Waals surface area contributed by atoms with Crippen LogP contribution in [0.4, 0.5) is 0 Å². The number of terminal acetylenes is 1. The number of hydrogen-bond donors (Lipinski definition) is 1. The van der Waals surface area contributed by atoms with Gasteiger partial charge in [-0.3, -0.25) is 4.98 Å². The third-order valence-electron chi connectivity index (χ3n) is 1.23. The first-order chi connectivity index (χ1) is 4.74. The summed E-state index contributed by atoms with van der Waals surface area (Å²) in [7, 11) is 0. The molecule has 10 heavy (non-hydrogen) atoms. The van der Waals surface area contributed by atoms with Crippen LogP contribution in [0.25, 0.3) is 0 Å². The van der Waals surface area contributed by atoms with Gasteiger partial charge in [0, 0.05) is 5.56 Å². The number of aromatic nitrogens is 1. The number of nitrogens with zero attached hydrogens (tertiary/aromatic N) is 1. The van der Waals surface area contributed by atoms with E-state index in [0.717, 1.165) is 5.69 Å². The van der Waals surface area contributed by atoms with E-state index in [1.54, 1.807) is 6.92 Å². The van der Waals surface area contributed by atoms with Crippen LogP contribution in [0, 0.1) is 19.3 Å². The Hall–Kier alpha value is -1.49. The Bertz CT molecular complexity index is 286. The highest BCUT2D eigenvalue weighted by atomic mass is 16.3. The molecule has 0 aliphatic rings. The molecule has 1 rings (SSSR count). The number of aromatic hydroxyl groups is 1. The molecule has 0 aliphatic heterocycles. The van der Waals surface area contributed by atoms with Gasteiger partial charge in [0.1, 0.15) is 5.75 Å². The second-order valence-corrected chi connectivity index (χ2v) is 1.97. The molecule has 1 aromatic rings. The molecule has 2 heteroatoms. The van der Waals surface area contributed by atoms with Gasteiger partial charge < -0.3 is 5.11 Å². The number of aryl methyl sites for hydroxylation is 1. The summed E-state index contributed by atoms with van der Waals surface area (Å²) in [5.41, 5.74) is 1.40. The van der Waals surface area contributed by atoms with Gasteiger partial charge in [0.05, 0.1) is 11.9 Å². The lowest BCUT2D eigenvalue weighted by atomic mass is 10.2. The van der Waals surface area contributed by atoms with Crippen LogP contribution in [0.5, 0.6) is 5.75 Å². The number of rotatable bonds is 0. The van der Waals surface area contributed by atoms with E-state index in [0.29, 0.717) is 5.56 Å². The molecule has 0 bridgehead atoms. The SMILES string of the molecule is C#Cc1cc(O)cnc1C. The topological polar surface area (TPSA) is 33.1 Å². The average molecular weight is 133 g/mol. The zero-order valence-corrected chi connectivity index (χ0v) is 5.63. The highest BCUT2D eigenvalue weighted by Gasteiger charge is 1.95. The minimum absolute atomic E-state index is 0.110. The molecule has 0 amide bonds. The van der Waals surface area contributed by atoms with Crippen molar-refractivity contribution in [2.24, 2.45) is 0 Å². The van der Waals surface area contributed by atoms with E-state index >= 15 is 0 Å². The Kier molecular flexibility index (Phi) is 1.59. The normalized spacial score (nSPS) is 8.80. The lowest BCUT2D eigenvalue weighted by Gasteiger charge is -1.95. The molecule has 1 heterocycles. The monoisotopic (exact) mass is 133 g/mol. The van der Waals surface area contributed by atoms with E-state index in [-0.39, 0.29) is 5.75 Å². The largest absolute Gasteiger partial charge is 0.506 e. The molecule has 0 aliphatic carbocycles. The lowest BCUT2D eigenvalue weighted by molar-refractivity contribution is 0.472. The first kappa shape index (κ1) is 6.63. The molecular weight excluding hydrogens is 126 g/mol. The second kappa shape index (κ2) is 2.40. The molecule has 1 aromatic heterocycles. The summed E-state index contributed by atoms with van der Waals surface area (Å²) in [5, 5.41) is 8.91. The third kappa shape index (κ3) is 1.08. The standard InChI is InChI=1S/C8H7NO/c1-3-7-4-8(10)5-9-6(7)2/h1,4-5,10H,2H3. The van der Waals surface area contributed by atoms with E-state index in [4.69, 9.17) is 11.5 Å². The Morgan fingerprint density at radius 1 is 1.70 bits per heavy atom. The van der Waals surface area contributed by atoms with Crippen LogP contribution in [0.15, 0.2) is 12.3 Å². The zero-order chi connectivity index (χ0) is 7.56. The Morgan fingerprint density at radius 3 is 2.90 bits per heavy atom. The smallest absolute Gasteiger partial charge is 0.135 e. The van der Waals surface area contributed by atoms with Crippen molar-refractivity contribution in [2.45, 2.75) is 6.92 Å². The molecule has 0 saturated heterocycles. The average Bonchev–Trinajstić information content (AvgIpc) is 1.94. The Labute approximate surface area is 59.5 Å². The minimum atomic E-state index is 0.110. The van der Waals surface area contributed by atoms with Crippen molar-refractivity contribution in [2.75, 3.05) is 0 Å². The highest BCUT2D eigenvalue weighted by Crippen LogP contribution is 2.10. The van der Waals surface area contributed by atoms with Gasteiger partial charge in [-0.25, -0.2) is 0 Å². The van der Waals surface area contributed by atoms with Crippen molar-refractivity contribution < 1.29 is 5.11 Å². The van der Waals surface area contributed by atoms with Gasteiger partial charge in [-0.1, -0.05) is 5.92 Å². The summed E-state index contributed by atoms with van der Waals surface area (Å²) in [4.78, 5) is 3.86. The van der Waals surface area contributed by atoms with Crippen molar-refractivity contribution >= 4 is 0 Å². The van der Waals surface area contributed by atoms with Gasteiger partial charge in [-0.05, 0) is 13.0 Å². The van der Waals surface area contributed by atoms with Crippen LogP contribution in [0.2, 0.25) is 0 Å². The summed E-state index contributed by atoms with van der Waals surface area (Å²) >= 11 is 0. The molecular formula is C8H7NO. The van der Waals surface area contributed by atoms with E-state index in [9.17, 15) is 0 Å². The van der Waals surface area contributed by atoms with Crippen molar-refractivity contribution in [1.82, 2.24) is 4.98 Å². The molecule has 0 aromatic carbocycles. The fourth-order valence-electron chi connectivity index (χ4n) is 0.668. The van der Waals surface area contributed by atoms with Gasteiger partial charge in [0.2, 0.25) is 0 Å². The van der Waals surface area contributed by atoms with Crippen LogP contribution in [0.1, 0.15) is 11.3 Å². The van der Waals surface area contributed by atoms with Crippen LogP contribution in [-0.4, -0.2) is 10.1 Å². The van der Waals surface area contributed by atoms with Crippen molar-refractivity contribution in [3.63, 3.8) is 0 Å². The van der Waals surface area contributed by atoms with E-state index < -0.39 is 0 Å². The fourth-order valence-corrected chi connectivity index (χ4v) is 0.668. The molecule has 0 spiro atoms. The van der Waals surface area contributed by atoms with Crippen LogP contribution in [0.3, 0.4) is 0 Å². The molecule has 0 saturated carbocycles. The number of hydrogen-bond acceptors (Lipinski definition) is 2. The zero-order valence-electron chi connectivity index (χ0n) is 5.63.